The molecule has 0 aromatic rings. The van der Waals surface area contributed by atoms with E-state index in [0.29, 0.717) is 0 Å². The summed E-state index contributed by atoms with van der Waals surface area (Å²) in [7, 11) is 0. The van der Waals surface area contributed by atoms with Gasteiger partial charge in [-0.05, 0) is 0 Å². The number of hydrogen-bond donors (Lipinski definition) is 1. The molecule has 0 aromatic carbocycles. The Balaban J connectivity index is 0. The van der Waals surface area contributed by atoms with Crippen LogP contribution in [0.5, 0.6) is 0 Å². The second kappa shape index (κ2) is 4.92. The molecule has 0 radical (unpaired) electrons. The van der Waals surface area contributed by atoms with Crippen molar-refractivity contribution in [3.63, 3.8) is 0 Å². The molecule has 2 nitrogen and oxygen atoms in total. The van der Waals surface area contributed by atoms with Crippen LogP contribution in [0.4, 0.5) is 0 Å². The minimum atomic E-state index is 0. The fourth-order valence-electron chi connectivity index (χ4n) is 0.250. The predicted molar refractivity (Wildman–Crippen MR) is 27.1 cm³/mol. The molecule has 1 rings (SSSR count). The average Bonchev–Trinajstić information content (AvgIpc) is 0.722. The molecule has 0 aromatic heterocycles. The molecular formula is C4H13NO. The molecule has 0 heterocycles. The first-order chi connectivity index (χ1) is 2.00. The van der Waals surface area contributed by atoms with Gasteiger partial charge in [0.15, 0.2) is 0 Å². The summed E-state index contributed by atoms with van der Waals surface area (Å²) in [4.78, 5) is 0. The summed E-state index contributed by atoms with van der Waals surface area (Å²) in [6, 6.07) is 0. The lowest BCUT2D eigenvalue weighted by Crippen LogP contribution is -1.85. The van der Waals surface area contributed by atoms with Crippen LogP contribution in [-0.4, -0.2) is 5.48 Å². The molecule has 40 valence electrons. The van der Waals surface area contributed by atoms with Gasteiger partial charge in [0.1, 0.15) is 0 Å². The van der Waals surface area contributed by atoms with Crippen molar-refractivity contribution in [2.75, 3.05) is 0 Å². The van der Waals surface area contributed by atoms with Crippen molar-refractivity contribution in [2.24, 2.45) is 0 Å². The van der Waals surface area contributed by atoms with Crippen LogP contribution < -0.4 is 6.15 Å². The van der Waals surface area contributed by atoms with Gasteiger partial charge in [-0.3, -0.25) is 0 Å². The molecule has 2 heteroatoms. The second-order valence-corrected chi connectivity index (χ2v) is 1.41. The summed E-state index contributed by atoms with van der Waals surface area (Å²) in [5, 5.41) is 0. The maximum atomic E-state index is 1.50. The zero-order valence-electron chi connectivity index (χ0n) is 4.04. The summed E-state index contributed by atoms with van der Waals surface area (Å²) >= 11 is 0. The third kappa shape index (κ3) is 2.18. The highest BCUT2D eigenvalue weighted by atomic mass is 16.0. The van der Waals surface area contributed by atoms with E-state index in [9.17, 15) is 0 Å². The zero-order valence-corrected chi connectivity index (χ0v) is 4.04. The van der Waals surface area contributed by atoms with Crippen molar-refractivity contribution < 1.29 is 5.48 Å². The maximum Gasteiger partial charge on any atom is -0.0533 e. The lowest BCUT2D eigenvalue weighted by atomic mass is 10.0. The quantitative estimate of drug-likeness (QED) is 0.472. The molecule has 6 heavy (non-hydrogen) atoms. The monoisotopic (exact) mass is 91.1 g/mol. The van der Waals surface area contributed by atoms with Crippen LogP contribution in [-0.2, 0) is 0 Å². The van der Waals surface area contributed by atoms with Crippen molar-refractivity contribution in [3.05, 3.63) is 0 Å². The van der Waals surface area contributed by atoms with Crippen LogP contribution in [0.2, 0.25) is 0 Å². The van der Waals surface area contributed by atoms with E-state index in [1.807, 2.05) is 0 Å². The van der Waals surface area contributed by atoms with Gasteiger partial charge in [-0.15, -0.1) is 0 Å². The Kier molecular flexibility index (Phi) is 7.65. The Bertz CT molecular complexity index is 15.5. The van der Waals surface area contributed by atoms with Gasteiger partial charge in [0.2, 0.25) is 0 Å². The minimum absolute atomic E-state index is 0. The summed E-state index contributed by atoms with van der Waals surface area (Å²) < 4.78 is 0. The lowest BCUT2D eigenvalue weighted by Gasteiger charge is -2.05. The lowest BCUT2D eigenvalue weighted by molar-refractivity contribution is 0.504. The predicted octanol–water partition coefficient (Wildman–Crippen LogP) is 0.898. The van der Waals surface area contributed by atoms with E-state index in [1.165, 1.54) is 25.7 Å². The van der Waals surface area contributed by atoms with E-state index in [1.54, 1.807) is 0 Å². The van der Waals surface area contributed by atoms with Crippen LogP contribution >= 0.6 is 0 Å². The van der Waals surface area contributed by atoms with Gasteiger partial charge in [-0.2, -0.15) is 0 Å². The third-order valence-corrected chi connectivity index (χ3v) is 1.000. The molecular weight excluding hydrogens is 78.0 g/mol. The summed E-state index contributed by atoms with van der Waals surface area (Å²) in [6.45, 7) is 0. The van der Waals surface area contributed by atoms with Crippen LogP contribution in [0.25, 0.3) is 0 Å². The number of rotatable bonds is 0. The Hall–Kier alpha value is -0.0800. The summed E-state index contributed by atoms with van der Waals surface area (Å²) in [6.07, 6.45) is 6.00. The fourth-order valence-corrected chi connectivity index (χ4v) is 0.250. The van der Waals surface area contributed by atoms with Crippen molar-refractivity contribution in [2.45, 2.75) is 25.7 Å². The fraction of sp³-hybridized carbons (Fsp3) is 1.00. The highest BCUT2D eigenvalue weighted by Crippen LogP contribution is 2.15. The molecule has 5 N–H and O–H groups in total. The highest BCUT2D eigenvalue weighted by Gasteiger charge is 1.95. The molecule has 1 aliphatic rings. The van der Waals surface area contributed by atoms with Gasteiger partial charge < -0.3 is 11.6 Å². The van der Waals surface area contributed by atoms with Crippen LogP contribution in [0.1, 0.15) is 25.7 Å². The van der Waals surface area contributed by atoms with Crippen LogP contribution in [0, 0.1) is 0 Å². The topological polar surface area (TPSA) is 66.5 Å². The number of hydrogen-bond acceptors (Lipinski definition) is 1. The second-order valence-electron chi connectivity index (χ2n) is 1.41. The van der Waals surface area contributed by atoms with E-state index in [-0.39, 0.29) is 11.6 Å². The molecule has 0 spiro atoms. The normalized spacial score (nSPS) is 16.0. The zero-order chi connectivity index (χ0) is 2.83. The maximum absolute atomic E-state index is 1.50. The van der Waals surface area contributed by atoms with E-state index >= 15 is 0 Å². The van der Waals surface area contributed by atoms with Crippen molar-refractivity contribution in [1.82, 2.24) is 6.15 Å². The van der Waals surface area contributed by atoms with Gasteiger partial charge in [0, 0.05) is 0 Å². The first-order valence-corrected chi connectivity index (χ1v) is 2.00. The van der Waals surface area contributed by atoms with Gasteiger partial charge in [-0.1, -0.05) is 25.7 Å². The molecule has 0 unspecified atom stereocenters. The van der Waals surface area contributed by atoms with E-state index in [4.69, 9.17) is 0 Å². The Morgan fingerprint density at radius 3 is 0.833 bits per heavy atom. The van der Waals surface area contributed by atoms with Gasteiger partial charge in [0.25, 0.3) is 0 Å². The molecule has 0 saturated heterocycles. The molecule has 1 saturated carbocycles. The van der Waals surface area contributed by atoms with E-state index in [2.05, 4.69) is 0 Å². The van der Waals surface area contributed by atoms with Crippen molar-refractivity contribution in [3.8, 4) is 0 Å². The van der Waals surface area contributed by atoms with Gasteiger partial charge in [0.05, 0.1) is 0 Å². The first kappa shape index (κ1) is 9.33. The first-order valence-electron chi connectivity index (χ1n) is 2.00. The molecule has 1 fully saturated rings. The SMILES string of the molecule is C1CCC1.N.O. The highest BCUT2D eigenvalue weighted by molar-refractivity contribution is 4.50. The largest absolute Gasteiger partial charge is 0.412 e. The molecule has 1 aliphatic carbocycles. The van der Waals surface area contributed by atoms with Gasteiger partial charge in [-0.25, -0.2) is 0 Å². The van der Waals surface area contributed by atoms with E-state index < -0.39 is 0 Å². The Labute approximate surface area is 38.4 Å². The van der Waals surface area contributed by atoms with Gasteiger partial charge >= 0.3 is 0 Å². The summed E-state index contributed by atoms with van der Waals surface area (Å²) in [5.74, 6) is 0. The Morgan fingerprint density at radius 2 is 0.833 bits per heavy atom. The van der Waals surface area contributed by atoms with Crippen molar-refractivity contribution in [1.29, 1.82) is 0 Å². The van der Waals surface area contributed by atoms with Crippen molar-refractivity contribution >= 4 is 0 Å². The molecule has 0 bridgehead atoms. The van der Waals surface area contributed by atoms with Crippen LogP contribution in [0.15, 0.2) is 0 Å². The smallest absolute Gasteiger partial charge is 0.0533 e. The molecule has 0 atom stereocenters. The summed E-state index contributed by atoms with van der Waals surface area (Å²) in [5.41, 5.74) is 0. The average molecular weight is 91.2 g/mol. The molecule has 0 aliphatic heterocycles. The van der Waals surface area contributed by atoms with E-state index in [0.717, 1.165) is 0 Å². The minimum Gasteiger partial charge on any atom is -0.412 e. The molecule has 0 amide bonds. The standard InChI is InChI=1S/C4H8.H3N.H2O/c1-2-4-3-1;;/h1-4H2;1H3;1H2. The third-order valence-electron chi connectivity index (χ3n) is 1.000. The van der Waals surface area contributed by atoms with Crippen LogP contribution in [0.3, 0.4) is 0 Å². The Morgan fingerprint density at radius 1 is 0.667 bits per heavy atom.